The van der Waals surface area contributed by atoms with Gasteiger partial charge in [0.15, 0.2) is 11.6 Å². The smallest absolute Gasteiger partial charge is 0.205 e. The maximum atomic E-state index is 13.0. The molecule has 0 saturated carbocycles. The molecule has 1 atom stereocenters. The van der Waals surface area contributed by atoms with E-state index in [1.54, 1.807) is 0 Å². The molecule has 0 spiro atoms. The summed E-state index contributed by atoms with van der Waals surface area (Å²) >= 11 is 0. The van der Waals surface area contributed by atoms with Crippen molar-refractivity contribution in [2.24, 2.45) is 0 Å². The fourth-order valence-electron chi connectivity index (χ4n) is 6.56. The first-order chi connectivity index (χ1) is 21.1. The van der Waals surface area contributed by atoms with Crippen LogP contribution in [0.5, 0.6) is 0 Å². The lowest BCUT2D eigenvalue weighted by molar-refractivity contribution is -0.884. The predicted octanol–water partition coefficient (Wildman–Crippen LogP) is 8.55. The van der Waals surface area contributed by atoms with Crippen molar-refractivity contribution in [2.45, 2.75) is 232 Å². The van der Waals surface area contributed by atoms with Crippen molar-refractivity contribution in [2.75, 3.05) is 13.6 Å². The van der Waals surface area contributed by atoms with Crippen LogP contribution in [0.2, 0.25) is 0 Å². The number of halogens is 1. The molecule has 4 heteroatoms. The van der Waals surface area contributed by atoms with Gasteiger partial charge in [0.25, 0.3) is 0 Å². The molecule has 0 heterocycles. The van der Waals surface area contributed by atoms with E-state index >= 15 is 0 Å². The molecule has 0 aliphatic carbocycles. The second-order valence-corrected chi connectivity index (χ2v) is 14.0. The predicted molar refractivity (Wildman–Crippen MR) is 190 cm³/mol. The highest BCUT2D eigenvalue weighted by molar-refractivity contribution is 6.04. The van der Waals surface area contributed by atoms with E-state index in [9.17, 15) is 9.59 Å². The number of hydrogen-bond donors (Lipinski definition) is 1. The van der Waals surface area contributed by atoms with E-state index in [4.69, 9.17) is 0 Å². The van der Waals surface area contributed by atoms with Crippen LogP contribution in [-0.4, -0.2) is 31.2 Å². The number of nitrogens with one attached hydrogen (secondary N) is 1. The lowest BCUT2D eigenvalue weighted by Crippen LogP contribution is -3.15. The topological polar surface area (TPSA) is 38.6 Å². The molecule has 0 saturated heterocycles. The Bertz CT molecular complexity index is 550. The molecule has 1 N–H and O–H groups in total. The highest BCUT2D eigenvalue weighted by Gasteiger charge is 2.32. The summed E-state index contributed by atoms with van der Waals surface area (Å²) < 4.78 is 0. The standard InChI is InChI=1S/C40H79NO2.ClH/c1-5-8-10-12-14-16-18-20-22-24-26-28-30-32-34-36-38(42)40(41(4)7-3)39(43)37-35-33-31-29-27-25-23-21-19-17-15-13-11-9-6-2;/h40H,5-37H2,1-4H3;1H. The maximum Gasteiger partial charge on any atom is 0.205 e. The SMILES string of the molecule is CCCCCCCCCCCCCCCCCC(=O)C(C(=O)CCCCCCCCCCCCCCCCC)[NH+](C)CC.[Cl-]. The Labute approximate surface area is 283 Å². The minimum atomic E-state index is -0.428. The van der Waals surface area contributed by atoms with E-state index in [1.165, 1.54) is 167 Å². The Balaban J connectivity index is 0. The normalized spacial score (nSPS) is 12.0. The molecule has 0 aliphatic rings. The van der Waals surface area contributed by atoms with E-state index in [1.807, 2.05) is 7.05 Å². The third-order valence-electron chi connectivity index (χ3n) is 9.75. The van der Waals surface area contributed by atoms with Crippen LogP contribution in [0.3, 0.4) is 0 Å². The highest BCUT2D eigenvalue weighted by atomic mass is 35.5. The van der Waals surface area contributed by atoms with Crippen molar-refractivity contribution in [3.8, 4) is 0 Å². The van der Waals surface area contributed by atoms with Crippen molar-refractivity contribution >= 4 is 11.6 Å². The van der Waals surface area contributed by atoms with Crippen LogP contribution >= 0.6 is 0 Å². The molecule has 0 fully saturated rings. The Morgan fingerprint density at radius 3 is 0.795 bits per heavy atom. The van der Waals surface area contributed by atoms with E-state index < -0.39 is 6.04 Å². The molecule has 44 heavy (non-hydrogen) atoms. The summed E-state index contributed by atoms with van der Waals surface area (Å²) in [5.41, 5.74) is 0. The van der Waals surface area contributed by atoms with Crippen molar-refractivity contribution in [1.29, 1.82) is 0 Å². The zero-order valence-corrected chi connectivity index (χ0v) is 31.4. The van der Waals surface area contributed by atoms with Crippen LogP contribution in [0.1, 0.15) is 226 Å². The summed E-state index contributed by atoms with van der Waals surface area (Å²) in [6.45, 7) is 7.49. The number of Topliss-reactive ketones (excluding diaryl/α,β-unsaturated/α-hetero) is 2. The third kappa shape index (κ3) is 30.3. The number of ketones is 2. The first-order valence-electron chi connectivity index (χ1n) is 20.0. The van der Waals surface area contributed by atoms with Gasteiger partial charge in [-0.05, 0) is 19.8 Å². The van der Waals surface area contributed by atoms with E-state index in [-0.39, 0.29) is 24.0 Å². The minimum Gasteiger partial charge on any atom is -1.00 e. The molecule has 1 unspecified atom stereocenters. The average molecular weight is 643 g/mol. The molecule has 3 nitrogen and oxygen atoms in total. The van der Waals surface area contributed by atoms with Gasteiger partial charge in [0, 0.05) is 12.8 Å². The molecule has 264 valence electrons. The van der Waals surface area contributed by atoms with Crippen molar-refractivity contribution in [3.05, 3.63) is 0 Å². The second kappa shape index (κ2) is 37.1. The monoisotopic (exact) mass is 642 g/mol. The van der Waals surface area contributed by atoms with Gasteiger partial charge >= 0.3 is 0 Å². The van der Waals surface area contributed by atoms with Gasteiger partial charge in [-0.2, -0.15) is 0 Å². The molecule has 0 rings (SSSR count). The van der Waals surface area contributed by atoms with Gasteiger partial charge in [-0.3, -0.25) is 9.59 Å². The molecule has 0 radical (unpaired) electrons. The molecule has 0 aromatic heterocycles. The van der Waals surface area contributed by atoms with Crippen LogP contribution in [0.25, 0.3) is 0 Å². The van der Waals surface area contributed by atoms with Crippen molar-refractivity contribution < 1.29 is 26.9 Å². The molecular weight excluding hydrogens is 562 g/mol. The van der Waals surface area contributed by atoms with Gasteiger partial charge in [0.2, 0.25) is 6.04 Å². The van der Waals surface area contributed by atoms with Crippen LogP contribution in [0, 0.1) is 0 Å². The van der Waals surface area contributed by atoms with Gasteiger partial charge < -0.3 is 17.3 Å². The van der Waals surface area contributed by atoms with Gasteiger partial charge in [0.1, 0.15) is 0 Å². The molecule has 0 aromatic carbocycles. The lowest BCUT2D eigenvalue weighted by atomic mass is 9.96. The number of carbonyl (C=O) groups excluding carboxylic acids is 2. The average Bonchev–Trinajstić information content (AvgIpc) is 3.01. The van der Waals surface area contributed by atoms with Crippen LogP contribution in [-0.2, 0) is 9.59 Å². The van der Waals surface area contributed by atoms with E-state index in [2.05, 4.69) is 20.8 Å². The number of unbranched alkanes of at least 4 members (excludes halogenated alkanes) is 28. The number of rotatable bonds is 36. The molecule has 0 amide bonds. The minimum absolute atomic E-state index is 0. The Kier molecular flexibility index (Phi) is 38.5. The van der Waals surface area contributed by atoms with E-state index in [0.29, 0.717) is 12.8 Å². The Morgan fingerprint density at radius 2 is 0.591 bits per heavy atom. The number of carbonyl (C=O) groups is 2. The van der Waals surface area contributed by atoms with Gasteiger partial charge in [-0.1, -0.05) is 194 Å². The Hall–Kier alpha value is -0.410. The van der Waals surface area contributed by atoms with Crippen LogP contribution in [0.15, 0.2) is 0 Å². The molecule has 0 aliphatic heterocycles. The first kappa shape index (κ1) is 45.7. The Morgan fingerprint density at radius 1 is 0.386 bits per heavy atom. The summed E-state index contributed by atoms with van der Waals surface area (Å²) in [6, 6.07) is -0.428. The lowest BCUT2D eigenvalue weighted by Gasteiger charge is -2.21. The van der Waals surface area contributed by atoms with Gasteiger partial charge in [-0.15, -0.1) is 0 Å². The first-order valence-corrected chi connectivity index (χ1v) is 20.0. The van der Waals surface area contributed by atoms with Crippen LogP contribution in [0.4, 0.5) is 0 Å². The number of likely N-dealkylation sites (N-methyl/N-ethyl adjacent to an activating group) is 1. The fraction of sp³-hybridized carbons (Fsp3) is 0.950. The largest absolute Gasteiger partial charge is 1.00 e. The summed E-state index contributed by atoms with van der Waals surface area (Å²) in [5.74, 6) is 0.389. The summed E-state index contributed by atoms with van der Waals surface area (Å²) in [4.78, 5) is 27.2. The fourth-order valence-corrected chi connectivity index (χ4v) is 6.56. The van der Waals surface area contributed by atoms with Gasteiger partial charge in [-0.25, -0.2) is 0 Å². The number of quaternary nitrogens is 1. The summed E-state index contributed by atoms with van der Waals surface area (Å²) in [7, 11) is 2.03. The zero-order chi connectivity index (χ0) is 31.6. The van der Waals surface area contributed by atoms with Crippen molar-refractivity contribution in [3.63, 3.8) is 0 Å². The molecular formula is C40H80ClNO2. The van der Waals surface area contributed by atoms with Crippen LogP contribution < -0.4 is 17.3 Å². The summed E-state index contributed by atoms with van der Waals surface area (Å²) in [6.07, 6.45) is 41.2. The number of hydrogen-bond acceptors (Lipinski definition) is 2. The third-order valence-corrected chi connectivity index (χ3v) is 9.75. The van der Waals surface area contributed by atoms with Gasteiger partial charge in [0.05, 0.1) is 13.6 Å². The molecule has 0 bridgehead atoms. The summed E-state index contributed by atoms with van der Waals surface area (Å²) in [5, 5.41) is 0. The molecule has 0 aromatic rings. The highest BCUT2D eigenvalue weighted by Crippen LogP contribution is 2.16. The van der Waals surface area contributed by atoms with Crippen molar-refractivity contribution in [1.82, 2.24) is 0 Å². The maximum absolute atomic E-state index is 13.0. The second-order valence-electron chi connectivity index (χ2n) is 14.0. The van der Waals surface area contributed by atoms with E-state index in [0.717, 1.165) is 37.1 Å². The zero-order valence-electron chi connectivity index (χ0n) is 30.6. The quantitative estimate of drug-likeness (QED) is 0.0550.